The fourth-order valence-corrected chi connectivity index (χ4v) is 4.25. The minimum absolute atomic E-state index is 0.568. The largest absolute Gasteiger partial charge is 0.314 e. The van der Waals surface area contributed by atoms with Gasteiger partial charge in [0.25, 0.3) is 0 Å². The molecule has 0 spiro atoms. The average molecular weight is 319 g/mol. The molecular weight excluding hydrogens is 284 g/mol. The Morgan fingerprint density at radius 3 is 2.48 bits per heavy atom. The Labute approximate surface area is 131 Å². The Hall–Kier alpha value is -0.130. The molecule has 1 fully saturated rings. The molecule has 1 aliphatic carbocycles. The molecule has 0 saturated heterocycles. The lowest BCUT2D eigenvalue weighted by Gasteiger charge is -2.20. The molecule has 2 atom stereocenters. The van der Waals surface area contributed by atoms with Crippen molar-refractivity contribution in [1.82, 2.24) is 9.62 Å². The van der Waals surface area contributed by atoms with Gasteiger partial charge in [-0.1, -0.05) is 33.6 Å². The lowest BCUT2D eigenvalue weighted by Crippen LogP contribution is -2.34. The van der Waals surface area contributed by atoms with Gasteiger partial charge in [0.1, 0.15) is 0 Å². The summed E-state index contributed by atoms with van der Waals surface area (Å²) in [5.41, 5.74) is 0. The summed E-state index contributed by atoms with van der Waals surface area (Å²) >= 11 is 0. The summed E-state index contributed by atoms with van der Waals surface area (Å²) in [6.07, 6.45) is 8.75. The summed E-state index contributed by atoms with van der Waals surface area (Å²) in [6, 6.07) is 0.627. The second-order valence-corrected chi connectivity index (χ2v) is 8.75. The molecule has 2 unspecified atom stereocenters. The van der Waals surface area contributed by atoms with Gasteiger partial charge >= 0.3 is 0 Å². The van der Waals surface area contributed by atoms with Crippen LogP contribution in [0.3, 0.4) is 0 Å². The van der Waals surface area contributed by atoms with Crippen molar-refractivity contribution in [3.05, 3.63) is 0 Å². The highest BCUT2D eigenvalue weighted by Gasteiger charge is 2.20. The molecule has 126 valence electrons. The number of hydrogen-bond acceptors (Lipinski definition) is 3. The van der Waals surface area contributed by atoms with E-state index in [0.717, 1.165) is 24.8 Å². The average Bonchev–Trinajstić information content (AvgIpc) is 2.62. The number of nitrogens with zero attached hydrogens (tertiary/aromatic N) is 1. The van der Waals surface area contributed by atoms with E-state index in [1.54, 1.807) is 4.31 Å². The van der Waals surface area contributed by atoms with Gasteiger partial charge in [-0.2, -0.15) is 0 Å². The fraction of sp³-hybridized carbons (Fsp3) is 1.00. The van der Waals surface area contributed by atoms with E-state index in [2.05, 4.69) is 19.2 Å². The highest BCUT2D eigenvalue weighted by Crippen LogP contribution is 2.28. The molecule has 1 saturated carbocycles. The zero-order valence-corrected chi connectivity index (χ0v) is 15.1. The Kier molecular flexibility index (Phi) is 8.21. The van der Waals surface area contributed by atoms with Crippen LogP contribution in [-0.2, 0) is 10.0 Å². The summed E-state index contributed by atoms with van der Waals surface area (Å²) in [5.74, 6) is 1.69. The lowest BCUT2D eigenvalue weighted by molar-refractivity contribution is 0.337. The summed E-state index contributed by atoms with van der Waals surface area (Å²) in [4.78, 5) is 0. The highest BCUT2D eigenvalue weighted by atomic mass is 32.2. The van der Waals surface area contributed by atoms with E-state index in [1.165, 1.54) is 38.4 Å². The molecular formula is C16H34N2O2S. The van der Waals surface area contributed by atoms with Gasteiger partial charge in [0.15, 0.2) is 0 Å². The van der Waals surface area contributed by atoms with Gasteiger partial charge in [0.2, 0.25) is 10.0 Å². The second kappa shape index (κ2) is 9.11. The van der Waals surface area contributed by atoms with Gasteiger partial charge in [0, 0.05) is 19.1 Å². The molecule has 21 heavy (non-hydrogen) atoms. The van der Waals surface area contributed by atoms with Crippen LogP contribution >= 0.6 is 0 Å². The topological polar surface area (TPSA) is 49.4 Å². The van der Waals surface area contributed by atoms with Crippen molar-refractivity contribution in [2.75, 3.05) is 25.9 Å². The van der Waals surface area contributed by atoms with Crippen molar-refractivity contribution in [3.8, 4) is 0 Å². The molecule has 0 aromatic carbocycles. The highest BCUT2D eigenvalue weighted by molar-refractivity contribution is 7.88. The van der Waals surface area contributed by atoms with Gasteiger partial charge in [-0.05, 0) is 44.1 Å². The van der Waals surface area contributed by atoms with E-state index in [9.17, 15) is 8.42 Å². The van der Waals surface area contributed by atoms with Crippen LogP contribution in [-0.4, -0.2) is 44.7 Å². The molecule has 0 aromatic rings. The normalized spacial score (nSPS) is 24.5. The van der Waals surface area contributed by atoms with E-state index in [0.29, 0.717) is 19.1 Å². The van der Waals surface area contributed by atoms with Crippen molar-refractivity contribution < 1.29 is 8.42 Å². The molecule has 1 N–H and O–H groups in total. The minimum Gasteiger partial charge on any atom is -0.314 e. The van der Waals surface area contributed by atoms with Gasteiger partial charge < -0.3 is 5.32 Å². The Morgan fingerprint density at radius 2 is 1.90 bits per heavy atom. The van der Waals surface area contributed by atoms with Gasteiger partial charge in [-0.15, -0.1) is 0 Å². The van der Waals surface area contributed by atoms with Crippen LogP contribution in [0, 0.1) is 11.8 Å². The minimum atomic E-state index is -3.04. The third-order valence-electron chi connectivity index (χ3n) is 4.80. The Morgan fingerprint density at radius 1 is 1.19 bits per heavy atom. The maximum Gasteiger partial charge on any atom is 0.211 e. The standard InChI is InChI=1S/C16H34N2O2S/c1-5-18(21(4,19)20)13-7-12-17-16-9-6-8-15(10-11-16)14(2)3/h14-17H,5-13H2,1-4H3. The summed E-state index contributed by atoms with van der Waals surface area (Å²) in [6.45, 7) is 8.68. The molecule has 1 rings (SSSR count). The van der Waals surface area contributed by atoms with E-state index in [-0.39, 0.29) is 0 Å². The predicted molar refractivity (Wildman–Crippen MR) is 89.9 cm³/mol. The van der Waals surface area contributed by atoms with Crippen molar-refractivity contribution in [2.24, 2.45) is 11.8 Å². The van der Waals surface area contributed by atoms with E-state index < -0.39 is 10.0 Å². The predicted octanol–water partition coefficient (Wildman–Crippen LogP) is 2.85. The van der Waals surface area contributed by atoms with Crippen LogP contribution in [0.25, 0.3) is 0 Å². The summed E-state index contributed by atoms with van der Waals surface area (Å²) in [7, 11) is -3.04. The van der Waals surface area contributed by atoms with Gasteiger partial charge in [-0.3, -0.25) is 0 Å². The number of hydrogen-bond donors (Lipinski definition) is 1. The molecule has 0 heterocycles. The van der Waals surface area contributed by atoms with E-state index >= 15 is 0 Å². The first kappa shape index (κ1) is 18.9. The van der Waals surface area contributed by atoms with Crippen molar-refractivity contribution >= 4 is 10.0 Å². The van der Waals surface area contributed by atoms with Gasteiger partial charge in [-0.25, -0.2) is 12.7 Å². The Bertz CT molecular complexity index is 382. The molecule has 1 aliphatic rings. The molecule has 0 amide bonds. The van der Waals surface area contributed by atoms with E-state index in [4.69, 9.17) is 0 Å². The first-order chi connectivity index (χ1) is 9.84. The van der Waals surface area contributed by atoms with Crippen molar-refractivity contribution in [3.63, 3.8) is 0 Å². The van der Waals surface area contributed by atoms with Crippen LogP contribution in [0.5, 0.6) is 0 Å². The SMILES string of the molecule is CCN(CCCNC1CCCC(C(C)C)CC1)S(C)(=O)=O. The molecule has 0 radical (unpaired) electrons. The number of nitrogens with one attached hydrogen (secondary N) is 1. The maximum absolute atomic E-state index is 11.5. The first-order valence-corrected chi connectivity index (χ1v) is 10.4. The smallest absolute Gasteiger partial charge is 0.211 e. The zero-order valence-electron chi connectivity index (χ0n) is 14.3. The zero-order chi connectivity index (χ0) is 15.9. The van der Waals surface area contributed by atoms with Crippen LogP contribution in [0.15, 0.2) is 0 Å². The Balaban J connectivity index is 2.24. The third-order valence-corrected chi connectivity index (χ3v) is 6.17. The quantitative estimate of drug-likeness (QED) is 0.553. The number of sulfonamides is 1. The fourth-order valence-electron chi connectivity index (χ4n) is 3.32. The van der Waals surface area contributed by atoms with Crippen LogP contribution in [0.1, 0.15) is 59.3 Å². The summed E-state index contributed by atoms with van der Waals surface area (Å²) < 4.78 is 24.6. The van der Waals surface area contributed by atoms with Crippen LogP contribution < -0.4 is 5.32 Å². The van der Waals surface area contributed by atoms with Crippen molar-refractivity contribution in [2.45, 2.75) is 65.3 Å². The second-order valence-electron chi connectivity index (χ2n) is 6.77. The molecule has 0 bridgehead atoms. The summed E-state index contributed by atoms with van der Waals surface area (Å²) in [5, 5.41) is 3.63. The molecule has 0 aliphatic heterocycles. The van der Waals surface area contributed by atoms with Gasteiger partial charge in [0.05, 0.1) is 6.26 Å². The third kappa shape index (κ3) is 7.11. The molecule has 5 heteroatoms. The number of rotatable bonds is 8. The molecule has 0 aromatic heterocycles. The molecule has 4 nitrogen and oxygen atoms in total. The van der Waals surface area contributed by atoms with Crippen LogP contribution in [0.2, 0.25) is 0 Å². The lowest BCUT2D eigenvalue weighted by atomic mass is 9.89. The van der Waals surface area contributed by atoms with Crippen LogP contribution in [0.4, 0.5) is 0 Å². The first-order valence-electron chi connectivity index (χ1n) is 8.53. The monoisotopic (exact) mass is 318 g/mol. The van der Waals surface area contributed by atoms with Crippen molar-refractivity contribution in [1.29, 1.82) is 0 Å². The van der Waals surface area contributed by atoms with E-state index in [1.807, 2.05) is 6.92 Å². The maximum atomic E-state index is 11.5.